The van der Waals surface area contributed by atoms with Crippen LogP contribution >= 0.6 is 0 Å². The molecule has 0 radical (unpaired) electrons. The van der Waals surface area contributed by atoms with Crippen LogP contribution < -0.4 is 0 Å². The predicted molar refractivity (Wildman–Crippen MR) is 94.0 cm³/mol. The summed E-state index contributed by atoms with van der Waals surface area (Å²) in [5.41, 5.74) is 2.86. The van der Waals surface area contributed by atoms with Gasteiger partial charge in [-0.15, -0.1) is 0 Å². The van der Waals surface area contributed by atoms with Gasteiger partial charge in [-0.1, -0.05) is 6.92 Å². The number of likely N-dealkylation sites (N-methyl/N-ethyl adjacent to an activating group) is 1. The van der Waals surface area contributed by atoms with Gasteiger partial charge >= 0.3 is 0 Å². The molecule has 0 spiro atoms. The molecule has 0 fully saturated rings. The summed E-state index contributed by atoms with van der Waals surface area (Å²) in [6.07, 6.45) is 6.18. The molecule has 0 atom stereocenters. The van der Waals surface area contributed by atoms with Crippen molar-refractivity contribution in [3.8, 4) is 0 Å². The average Bonchev–Trinajstić information content (AvgIpc) is 3.00. The lowest BCUT2D eigenvalue weighted by molar-refractivity contribution is 0.0758. The summed E-state index contributed by atoms with van der Waals surface area (Å²) >= 11 is 0. The van der Waals surface area contributed by atoms with E-state index in [1.165, 1.54) is 12.3 Å². The number of imidazole rings is 1. The highest BCUT2D eigenvalue weighted by atomic mass is 19.1. The molecule has 0 aliphatic heterocycles. The largest absolute Gasteiger partial charge is 0.337 e. The Kier molecular flexibility index (Phi) is 5.07. The first-order valence-electron chi connectivity index (χ1n) is 8.48. The van der Waals surface area contributed by atoms with E-state index in [9.17, 15) is 9.18 Å². The lowest BCUT2D eigenvalue weighted by Gasteiger charge is -2.21. The Morgan fingerprint density at radius 3 is 2.64 bits per heavy atom. The summed E-state index contributed by atoms with van der Waals surface area (Å²) in [7, 11) is 0. The van der Waals surface area contributed by atoms with Gasteiger partial charge in [0.2, 0.25) is 0 Å². The second kappa shape index (κ2) is 7.42. The van der Waals surface area contributed by atoms with E-state index in [-0.39, 0.29) is 11.7 Å². The molecule has 0 aliphatic carbocycles. The number of carbonyl (C=O) groups excluding carboxylic acids is 1. The Balaban J connectivity index is 1.89. The minimum Gasteiger partial charge on any atom is -0.337 e. The molecule has 25 heavy (non-hydrogen) atoms. The molecule has 3 aromatic rings. The standard InChI is InChI=1S/C19H21FN4O/c1-3-16-18(24-13-15(20)5-6-17(24)22-16)19(25)23(4-2)12-9-14-7-10-21-11-8-14/h5-8,10-11,13H,3-4,9,12H2,1-2H3. The van der Waals surface area contributed by atoms with E-state index in [2.05, 4.69) is 9.97 Å². The van der Waals surface area contributed by atoms with E-state index in [1.54, 1.807) is 27.8 Å². The number of hydrogen-bond acceptors (Lipinski definition) is 3. The Morgan fingerprint density at radius 1 is 1.20 bits per heavy atom. The van der Waals surface area contributed by atoms with Gasteiger partial charge in [0.05, 0.1) is 5.69 Å². The normalized spacial score (nSPS) is 11.0. The van der Waals surface area contributed by atoms with Crippen molar-refractivity contribution in [2.45, 2.75) is 26.7 Å². The molecule has 0 saturated heterocycles. The average molecular weight is 340 g/mol. The van der Waals surface area contributed by atoms with E-state index >= 15 is 0 Å². The van der Waals surface area contributed by atoms with Gasteiger partial charge < -0.3 is 4.90 Å². The van der Waals surface area contributed by atoms with E-state index in [1.807, 2.05) is 26.0 Å². The van der Waals surface area contributed by atoms with Crippen LogP contribution in [0.5, 0.6) is 0 Å². The molecule has 0 N–H and O–H groups in total. The van der Waals surface area contributed by atoms with Gasteiger partial charge in [0.25, 0.3) is 5.91 Å². The Morgan fingerprint density at radius 2 is 1.96 bits per heavy atom. The van der Waals surface area contributed by atoms with Gasteiger partial charge in [0.1, 0.15) is 17.2 Å². The first-order chi connectivity index (χ1) is 12.1. The summed E-state index contributed by atoms with van der Waals surface area (Å²) in [5.74, 6) is -0.507. The zero-order chi connectivity index (χ0) is 17.8. The first-order valence-corrected chi connectivity index (χ1v) is 8.48. The SMILES string of the molecule is CCc1nc2ccc(F)cn2c1C(=O)N(CC)CCc1ccncc1. The summed E-state index contributed by atoms with van der Waals surface area (Å²) in [5, 5.41) is 0. The van der Waals surface area contributed by atoms with Crippen molar-refractivity contribution in [3.63, 3.8) is 0 Å². The van der Waals surface area contributed by atoms with Gasteiger partial charge in [0.15, 0.2) is 0 Å². The maximum absolute atomic E-state index is 13.7. The molecule has 130 valence electrons. The predicted octanol–water partition coefficient (Wildman–Crippen LogP) is 3.14. The topological polar surface area (TPSA) is 50.5 Å². The summed E-state index contributed by atoms with van der Waals surface area (Å²) in [4.78, 5) is 23.3. The second-order valence-electron chi connectivity index (χ2n) is 5.83. The van der Waals surface area contributed by atoms with Gasteiger partial charge in [-0.2, -0.15) is 0 Å². The fourth-order valence-electron chi connectivity index (χ4n) is 2.91. The Bertz CT molecular complexity index is 876. The van der Waals surface area contributed by atoms with Crippen LogP contribution in [0, 0.1) is 5.82 Å². The first kappa shape index (κ1) is 17.1. The Hall–Kier alpha value is -2.76. The van der Waals surface area contributed by atoms with E-state index < -0.39 is 0 Å². The Labute approximate surface area is 146 Å². The van der Waals surface area contributed by atoms with Gasteiger partial charge in [-0.25, -0.2) is 9.37 Å². The highest BCUT2D eigenvalue weighted by Crippen LogP contribution is 2.17. The van der Waals surface area contributed by atoms with Crippen LogP contribution in [-0.2, 0) is 12.8 Å². The highest BCUT2D eigenvalue weighted by Gasteiger charge is 2.23. The molecule has 0 aliphatic rings. The van der Waals surface area contributed by atoms with Crippen LogP contribution in [0.2, 0.25) is 0 Å². The molecule has 3 rings (SSSR count). The smallest absolute Gasteiger partial charge is 0.272 e. The molecule has 0 unspecified atom stereocenters. The number of amides is 1. The molecule has 3 heterocycles. The van der Waals surface area contributed by atoms with Gasteiger partial charge in [0, 0.05) is 31.7 Å². The number of hydrogen-bond donors (Lipinski definition) is 0. The van der Waals surface area contributed by atoms with Crippen molar-refractivity contribution < 1.29 is 9.18 Å². The van der Waals surface area contributed by atoms with Crippen molar-refractivity contribution in [1.29, 1.82) is 0 Å². The number of carbonyl (C=O) groups is 1. The van der Waals surface area contributed by atoms with Crippen LogP contribution in [0.3, 0.4) is 0 Å². The lowest BCUT2D eigenvalue weighted by atomic mass is 10.1. The number of halogens is 1. The third kappa shape index (κ3) is 3.52. The third-order valence-corrected chi connectivity index (χ3v) is 4.28. The number of pyridine rings is 2. The molecular formula is C19H21FN4O. The molecular weight excluding hydrogens is 319 g/mol. The number of rotatable bonds is 6. The zero-order valence-corrected chi connectivity index (χ0v) is 14.4. The minimum absolute atomic E-state index is 0.119. The summed E-state index contributed by atoms with van der Waals surface area (Å²) < 4.78 is 15.2. The summed E-state index contributed by atoms with van der Waals surface area (Å²) in [6.45, 7) is 5.06. The number of fused-ring (bicyclic) bond motifs is 1. The van der Waals surface area contributed by atoms with Crippen LogP contribution in [-0.4, -0.2) is 38.3 Å². The fraction of sp³-hybridized carbons (Fsp3) is 0.316. The number of aryl methyl sites for hydroxylation is 1. The van der Waals surface area contributed by atoms with E-state index in [0.29, 0.717) is 36.5 Å². The maximum atomic E-state index is 13.7. The number of aromatic nitrogens is 3. The van der Waals surface area contributed by atoms with Crippen LogP contribution in [0.25, 0.3) is 5.65 Å². The number of nitrogens with zero attached hydrogens (tertiary/aromatic N) is 4. The maximum Gasteiger partial charge on any atom is 0.272 e. The monoisotopic (exact) mass is 340 g/mol. The van der Waals surface area contributed by atoms with Crippen molar-refractivity contribution in [3.05, 3.63) is 65.6 Å². The highest BCUT2D eigenvalue weighted by molar-refractivity contribution is 5.94. The molecule has 6 heteroatoms. The minimum atomic E-state index is -0.388. The summed E-state index contributed by atoms with van der Waals surface area (Å²) in [6, 6.07) is 6.84. The molecule has 5 nitrogen and oxygen atoms in total. The third-order valence-electron chi connectivity index (χ3n) is 4.28. The fourth-order valence-corrected chi connectivity index (χ4v) is 2.91. The quantitative estimate of drug-likeness (QED) is 0.693. The molecule has 3 aromatic heterocycles. The van der Waals surface area contributed by atoms with E-state index in [4.69, 9.17) is 0 Å². The van der Waals surface area contributed by atoms with E-state index in [0.717, 1.165) is 12.0 Å². The van der Waals surface area contributed by atoms with Crippen molar-refractivity contribution in [1.82, 2.24) is 19.3 Å². The molecule has 0 aromatic carbocycles. The van der Waals surface area contributed by atoms with Crippen molar-refractivity contribution >= 4 is 11.6 Å². The van der Waals surface area contributed by atoms with Crippen molar-refractivity contribution in [2.75, 3.05) is 13.1 Å². The molecule has 0 bridgehead atoms. The molecule has 1 amide bonds. The molecule has 0 saturated carbocycles. The van der Waals surface area contributed by atoms with Gasteiger partial charge in [-0.3, -0.25) is 14.2 Å². The van der Waals surface area contributed by atoms with Crippen LogP contribution in [0.4, 0.5) is 4.39 Å². The van der Waals surface area contributed by atoms with Crippen molar-refractivity contribution in [2.24, 2.45) is 0 Å². The zero-order valence-electron chi connectivity index (χ0n) is 14.4. The second-order valence-corrected chi connectivity index (χ2v) is 5.83. The van der Waals surface area contributed by atoms with Gasteiger partial charge in [-0.05, 0) is 49.6 Å². The van der Waals surface area contributed by atoms with Crippen LogP contribution in [0.15, 0.2) is 42.9 Å². The lowest BCUT2D eigenvalue weighted by Crippen LogP contribution is -2.34. The van der Waals surface area contributed by atoms with Crippen LogP contribution in [0.1, 0.15) is 35.6 Å².